The average Bonchev–Trinajstić information content (AvgIpc) is 2.36. The summed E-state index contributed by atoms with van der Waals surface area (Å²) < 4.78 is 0. The lowest BCUT2D eigenvalue weighted by Gasteiger charge is -2.21. The zero-order chi connectivity index (χ0) is 14.4. The van der Waals surface area contributed by atoms with Gasteiger partial charge in [-0.1, -0.05) is 29.8 Å². The van der Waals surface area contributed by atoms with E-state index >= 15 is 0 Å². The third-order valence-electron chi connectivity index (χ3n) is 2.51. The predicted molar refractivity (Wildman–Crippen MR) is 70.1 cm³/mol. The molecule has 104 valence electrons. The quantitative estimate of drug-likeness (QED) is 0.756. The number of benzene rings is 1. The minimum absolute atomic E-state index is 0.112. The minimum atomic E-state index is -1.23. The zero-order valence-corrected chi connectivity index (χ0v) is 11.1. The second-order valence-electron chi connectivity index (χ2n) is 3.89. The molecule has 0 aliphatic rings. The van der Waals surface area contributed by atoms with Crippen LogP contribution in [0, 0.1) is 0 Å². The second-order valence-corrected chi connectivity index (χ2v) is 4.29. The SMILES string of the molecule is CN(CCO)C(=O)N[C@@H](C(=O)O)c1ccccc1Cl. The number of hydrogen-bond acceptors (Lipinski definition) is 3. The topological polar surface area (TPSA) is 89.9 Å². The Kier molecular flexibility index (Phi) is 5.59. The summed E-state index contributed by atoms with van der Waals surface area (Å²) in [5, 5.41) is 20.5. The van der Waals surface area contributed by atoms with Crippen molar-refractivity contribution < 1.29 is 19.8 Å². The highest BCUT2D eigenvalue weighted by Gasteiger charge is 2.25. The van der Waals surface area contributed by atoms with Gasteiger partial charge in [0.15, 0.2) is 6.04 Å². The Bertz CT molecular complexity index is 467. The first-order chi connectivity index (χ1) is 8.97. The predicted octanol–water partition coefficient (Wildman–Crippen LogP) is 1.10. The van der Waals surface area contributed by atoms with Gasteiger partial charge in [-0.25, -0.2) is 9.59 Å². The number of hydrogen-bond donors (Lipinski definition) is 3. The lowest BCUT2D eigenvalue weighted by atomic mass is 10.1. The molecule has 0 fully saturated rings. The van der Waals surface area contributed by atoms with Crippen molar-refractivity contribution in [1.29, 1.82) is 0 Å². The second kappa shape index (κ2) is 6.96. The molecule has 1 rings (SSSR count). The van der Waals surface area contributed by atoms with Gasteiger partial charge >= 0.3 is 12.0 Å². The molecule has 0 bridgehead atoms. The summed E-state index contributed by atoms with van der Waals surface area (Å²) in [6.07, 6.45) is 0. The fourth-order valence-corrected chi connectivity index (χ4v) is 1.71. The zero-order valence-electron chi connectivity index (χ0n) is 10.3. The number of rotatable bonds is 5. The summed E-state index contributed by atoms with van der Waals surface area (Å²) in [5.74, 6) is -1.21. The number of aliphatic hydroxyl groups is 1. The van der Waals surface area contributed by atoms with Crippen LogP contribution in [0.15, 0.2) is 24.3 Å². The van der Waals surface area contributed by atoms with E-state index in [-0.39, 0.29) is 18.2 Å². The molecule has 19 heavy (non-hydrogen) atoms. The number of urea groups is 1. The number of aliphatic hydroxyl groups excluding tert-OH is 1. The number of carboxylic acids is 1. The number of nitrogens with zero attached hydrogens (tertiary/aromatic N) is 1. The fraction of sp³-hybridized carbons (Fsp3) is 0.333. The van der Waals surface area contributed by atoms with Crippen LogP contribution in [0.25, 0.3) is 0 Å². The summed E-state index contributed by atoms with van der Waals surface area (Å²) in [6, 6.07) is 4.57. The van der Waals surface area contributed by atoms with Crippen LogP contribution in [0.5, 0.6) is 0 Å². The molecule has 0 spiro atoms. The first-order valence-corrected chi connectivity index (χ1v) is 5.95. The molecule has 0 aliphatic heterocycles. The van der Waals surface area contributed by atoms with Gasteiger partial charge in [0.1, 0.15) is 0 Å². The highest BCUT2D eigenvalue weighted by molar-refractivity contribution is 6.31. The average molecular weight is 287 g/mol. The van der Waals surface area contributed by atoms with E-state index in [1.54, 1.807) is 18.2 Å². The molecule has 1 aromatic rings. The molecule has 0 aliphatic carbocycles. The number of nitrogens with one attached hydrogen (secondary N) is 1. The largest absolute Gasteiger partial charge is 0.479 e. The molecule has 0 heterocycles. The Hall–Kier alpha value is -1.79. The minimum Gasteiger partial charge on any atom is -0.479 e. The van der Waals surface area contributed by atoms with Crippen LogP contribution in [0.3, 0.4) is 0 Å². The third kappa shape index (κ3) is 4.11. The van der Waals surface area contributed by atoms with Crippen molar-refractivity contribution in [3.05, 3.63) is 34.9 Å². The number of amides is 2. The summed E-state index contributed by atoms with van der Waals surface area (Å²) in [7, 11) is 1.46. The van der Waals surface area contributed by atoms with Crippen LogP contribution in [0.1, 0.15) is 11.6 Å². The summed E-state index contributed by atoms with van der Waals surface area (Å²) in [4.78, 5) is 24.1. The molecule has 6 nitrogen and oxygen atoms in total. The van der Waals surface area contributed by atoms with Crippen molar-refractivity contribution in [2.24, 2.45) is 0 Å². The highest BCUT2D eigenvalue weighted by Crippen LogP contribution is 2.22. The molecule has 1 atom stereocenters. The first-order valence-electron chi connectivity index (χ1n) is 5.57. The normalized spacial score (nSPS) is 11.7. The van der Waals surface area contributed by atoms with Gasteiger partial charge in [-0.15, -0.1) is 0 Å². The van der Waals surface area contributed by atoms with Gasteiger partial charge in [0.05, 0.1) is 6.61 Å². The van der Waals surface area contributed by atoms with E-state index in [9.17, 15) is 14.7 Å². The Morgan fingerprint density at radius 3 is 2.58 bits per heavy atom. The Balaban J connectivity index is 2.89. The molecular weight excluding hydrogens is 272 g/mol. The summed E-state index contributed by atoms with van der Waals surface area (Å²) in [5.41, 5.74) is 0.308. The standard InChI is InChI=1S/C12H15ClN2O4/c1-15(6-7-16)12(19)14-10(11(17)18)8-4-2-3-5-9(8)13/h2-5,10,16H,6-7H2,1H3,(H,14,19)(H,17,18)/t10-/m1/s1. The monoisotopic (exact) mass is 286 g/mol. The number of carbonyl (C=O) groups is 2. The van der Waals surface area contributed by atoms with E-state index in [0.29, 0.717) is 5.56 Å². The first kappa shape index (κ1) is 15.3. The van der Waals surface area contributed by atoms with Crippen LogP contribution in [-0.2, 0) is 4.79 Å². The van der Waals surface area contributed by atoms with Gasteiger partial charge in [-0.3, -0.25) is 0 Å². The molecule has 0 aromatic heterocycles. The molecule has 1 aromatic carbocycles. The maximum atomic E-state index is 11.7. The van der Waals surface area contributed by atoms with E-state index < -0.39 is 18.0 Å². The van der Waals surface area contributed by atoms with Crippen molar-refractivity contribution in [2.45, 2.75) is 6.04 Å². The molecular formula is C12H15ClN2O4. The number of aliphatic carboxylic acids is 1. The summed E-state index contributed by atoms with van der Waals surface area (Å²) in [6.45, 7) is -0.0888. The van der Waals surface area contributed by atoms with Crippen molar-refractivity contribution in [1.82, 2.24) is 10.2 Å². The van der Waals surface area contributed by atoms with Crippen molar-refractivity contribution >= 4 is 23.6 Å². The highest BCUT2D eigenvalue weighted by atomic mass is 35.5. The van der Waals surface area contributed by atoms with Gasteiger partial charge in [0.25, 0.3) is 0 Å². The van der Waals surface area contributed by atoms with Crippen LogP contribution in [0.2, 0.25) is 5.02 Å². The number of likely N-dealkylation sites (N-methyl/N-ethyl adjacent to an activating group) is 1. The number of halogens is 1. The van der Waals surface area contributed by atoms with Gasteiger partial charge in [0, 0.05) is 24.2 Å². The summed E-state index contributed by atoms with van der Waals surface area (Å²) >= 11 is 5.92. The van der Waals surface area contributed by atoms with E-state index in [1.165, 1.54) is 18.0 Å². The van der Waals surface area contributed by atoms with Crippen molar-refractivity contribution in [2.75, 3.05) is 20.2 Å². The Labute approximate surface area is 115 Å². The molecule has 0 unspecified atom stereocenters. The lowest BCUT2D eigenvalue weighted by molar-refractivity contribution is -0.139. The molecule has 0 radical (unpaired) electrons. The smallest absolute Gasteiger partial charge is 0.331 e. The van der Waals surface area contributed by atoms with Crippen LogP contribution >= 0.6 is 11.6 Å². The fourth-order valence-electron chi connectivity index (χ4n) is 1.47. The maximum Gasteiger partial charge on any atom is 0.331 e. The van der Waals surface area contributed by atoms with Crippen LogP contribution < -0.4 is 5.32 Å². The Morgan fingerprint density at radius 2 is 2.05 bits per heavy atom. The van der Waals surface area contributed by atoms with Crippen LogP contribution in [0.4, 0.5) is 4.79 Å². The molecule has 0 saturated heterocycles. The maximum absolute atomic E-state index is 11.7. The van der Waals surface area contributed by atoms with Crippen LogP contribution in [-0.4, -0.2) is 47.3 Å². The molecule has 3 N–H and O–H groups in total. The van der Waals surface area contributed by atoms with E-state index in [0.717, 1.165) is 0 Å². The van der Waals surface area contributed by atoms with Gasteiger partial charge in [-0.05, 0) is 6.07 Å². The van der Waals surface area contributed by atoms with E-state index in [2.05, 4.69) is 5.32 Å². The molecule has 2 amide bonds. The van der Waals surface area contributed by atoms with Gasteiger partial charge < -0.3 is 20.4 Å². The van der Waals surface area contributed by atoms with E-state index in [1.807, 2.05) is 0 Å². The van der Waals surface area contributed by atoms with Crippen molar-refractivity contribution in [3.63, 3.8) is 0 Å². The third-order valence-corrected chi connectivity index (χ3v) is 2.86. The van der Waals surface area contributed by atoms with Gasteiger partial charge in [0.2, 0.25) is 0 Å². The molecule has 7 heteroatoms. The van der Waals surface area contributed by atoms with Gasteiger partial charge in [-0.2, -0.15) is 0 Å². The van der Waals surface area contributed by atoms with Crippen molar-refractivity contribution in [3.8, 4) is 0 Å². The molecule has 0 saturated carbocycles. The number of carboxylic acid groups (broad SMARTS) is 1. The lowest BCUT2D eigenvalue weighted by Crippen LogP contribution is -2.43. The number of carbonyl (C=O) groups excluding carboxylic acids is 1. The van der Waals surface area contributed by atoms with E-state index in [4.69, 9.17) is 16.7 Å². The Morgan fingerprint density at radius 1 is 1.42 bits per heavy atom.